The van der Waals surface area contributed by atoms with E-state index in [1.54, 1.807) is 0 Å². The summed E-state index contributed by atoms with van der Waals surface area (Å²) in [4.78, 5) is 2.49. The van der Waals surface area contributed by atoms with Crippen molar-refractivity contribution in [3.05, 3.63) is 29.8 Å². The van der Waals surface area contributed by atoms with E-state index in [1.165, 1.54) is 43.6 Å². The van der Waals surface area contributed by atoms with E-state index >= 15 is 0 Å². The van der Waals surface area contributed by atoms with Crippen LogP contribution < -0.4 is 10.6 Å². The molecule has 1 aromatic rings. The largest absolute Gasteiger partial charge is 0.372 e. The lowest BCUT2D eigenvalue weighted by Gasteiger charge is -2.28. The molecule has 2 heteroatoms. The fourth-order valence-electron chi connectivity index (χ4n) is 2.37. The van der Waals surface area contributed by atoms with Crippen LogP contribution in [0.3, 0.4) is 0 Å². The number of benzene rings is 1. The Morgan fingerprint density at radius 2 is 1.75 bits per heavy atom. The predicted octanol–water partition coefficient (Wildman–Crippen LogP) is 2.57. The minimum Gasteiger partial charge on any atom is -0.372 e. The van der Waals surface area contributed by atoms with Crippen molar-refractivity contribution in [3.63, 3.8) is 0 Å². The number of hydrogen-bond acceptors (Lipinski definition) is 2. The minimum atomic E-state index is 0.251. The lowest BCUT2D eigenvalue weighted by molar-refractivity contribution is 0.578. The van der Waals surface area contributed by atoms with Crippen LogP contribution in [0, 0.1) is 0 Å². The highest BCUT2D eigenvalue weighted by Crippen LogP contribution is 2.20. The SMILES string of the molecule is CC(N)Cc1ccc(N2CCCCC2)cc1. The van der Waals surface area contributed by atoms with E-state index in [1.807, 2.05) is 0 Å². The smallest absolute Gasteiger partial charge is 0.0366 e. The number of piperidine rings is 1. The molecule has 2 rings (SSSR count). The summed E-state index contributed by atoms with van der Waals surface area (Å²) >= 11 is 0. The summed E-state index contributed by atoms with van der Waals surface area (Å²) in [6.07, 6.45) is 5.03. The Hall–Kier alpha value is -1.02. The van der Waals surface area contributed by atoms with Gasteiger partial charge in [-0.2, -0.15) is 0 Å². The molecule has 0 aromatic heterocycles. The lowest BCUT2D eigenvalue weighted by atomic mass is 10.1. The van der Waals surface area contributed by atoms with Crippen LogP contribution in [0.1, 0.15) is 31.7 Å². The third-order valence-electron chi connectivity index (χ3n) is 3.22. The molecule has 1 saturated heterocycles. The first-order chi connectivity index (χ1) is 7.75. The molecule has 16 heavy (non-hydrogen) atoms. The second-order valence-electron chi connectivity index (χ2n) is 4.90. The number of rotatable bonds is 3. The van der Waals surface area contributed by atoms with Crippen LogP contribution in [0.4, 0.5) is 5.69 Å². The van der Waals surface area contributed by atoms with Gasteiger partial charge in [0.15, 0.2) is 0 Å². The molecular weight excluding hydrogens is 196 g/mol. The molecule has 0 saturated carbocycles. The quantitative estimate of drug-likeness (QED) is 0.845. The van der Waals surface area contributed by atoms with Crippen molar-refractivity contribution in [1.82, 2.24) is 0 Å². The summed E-state index contributed by atoms with van der Waals surface area (Å²) in [6.45, 7) is 4.48. The van der Waals surface area contributed by atoms with Crippen LogP contribution in [0.2, 0.25) is 0 Å². The molecule has 1 aromatic carbocycles. The van der Waals surface area contributed by atoms with Gasteiger partial charge >= 0.3 is 0 Å². The molecule has 0 amide bonds. The van der Waals surface area contributed by atoms with Crippen molar-refractivity contribution in [2.24, 2.45) is 5.73 Å². The zero-order valence-corrected chi connectivity index (χ0v) is 10.2. The van der Waals surface area contributed by atoms with Gasteiger partial charge in [-0.05, 0) is 50.3 Å². The number of nitrogens with zero attached hydrogens (tertiary/aromatic N) is 1. The standard InChI is InChI=1S/C14H22N2/c1-12(15)11-13-5-7-14(8-6-13)16-9-3-2-4-10-16/h5-8,12H,2-4,9-11,15H2,1H3. The van der Waals surface area contributed by atoms with Crippen molar-refractivity contribution < 1.29 is 0 Å². The lowest BCUT2D eigenvalue weighted by Crippen LogP contribution is -2.29. The predicted molar refractivity (Wildman–Crippen MR) is 69.9 cm³/mol. The van der Waals surface area contributed by atoms with E-state index in [-0.39, 0.29) is 6.04 Å². The van der Waals surface area contributed by atoms with Gasteiger partial charge in [0.25, 0.3) is 0 Å². The Bertz CT molecular complexity index is 310. The van der Waals surface area contributed by atoms with Gasteiger partial charge in [0.05, 0.1) is 0 Å². The number of hydrogen-bond donors (Lipinski definition) is 1. The monoisotopic (exact) mass is 218 g/mol. The molecule has 1 aliphatic heterocycles. The fraction of sp³-hybridized carbons (Fsp3) is 0.571. The summed E-state index contributed by atoms with van der Waals surface area (Å²) < 4.78 is 0. The third kappa shape index (κ3) is 2.99. The summed E-state index contributed by atoms with van der Waals surface area (Å²) in [7, 11) is 0. The van der Waals surface area contributed by atoms with Crippen molar-refractivity contribution in [2.45, 2.75) is 38.6 Å². The maximum Gasteiger partial charge on any atom is 0.0366 e. The molecule has 1 fully saturated rings. The van der Waals surface area contributed by atoms with Gasteiger partial charge in [0.1, 0.15) is 0 Å². The Morgan fingerprint density at radius 3 is 2.31 bits per heavy atom. The number of nitrogens with two attached hydrogens (primary N) is 1. The summed E-state index contributed by atoms with van der Waals surface area (Å²) in [5.41, 5.74) is 8.51. The molecule has 1 unspecified atom stereocenters. The Kier molecular flexibility index (Phi) is 3.83. The third-order valence-corrected chi connectivity index (χ3v) is 3.22. The van der Waals surface area contributed by atoms with Crippen LogP contribution in [0.15, 0.2) is 24.3 Å². The van der Waals surface area contributed by atoms with Crippen molar-refractivity contribution >= 4 is 5.69 Å². The highest BCUT2D eigenvalue weighted by atomic mass is 15.1. The topological polar surface area (TPSA) is 29.3 Å². The van der Waals surface area contributed by atoms with E-state index in [0.717, 1.165) is 6.42 Å². The van der Waals surface area contributed by atoms with Crippen molar-refractivity contribution in [2.75, 3.05) is 18.0 Å². The average Bonchev–Trinajstić information content (AvgIpc) is 2.30. The molecule has 1 atom stereocenters. The zero-order chi connectivity index (χ0) is 11.4. The fourth-order valence-corrected chi connectivity index (χ4v) is 2.37. The first-order valence-electron chi connectivity index (χ1n) is 6.35. The molecule has 1 aliphatic rings. The van der Waals surface area contributed by atoms with Gasteiger partial charge < -0.3 is 10.6 Å². The van der Waals surface area contributed by atoms with Gasteiger partial charge in [-0.15, -0.1) is 0 Å². The van der Waals surface area contributed by atoms with Crippen molar-refractivity contribution in [3.8, 4) is 0 Å². The van der Waals surface area contributed by atoms with Gasteiger partial charge in [0.2, 0.25) is 0 Å². The molecule has 2 N–H and O–H groups in total. The summed E-state index contributed by atoms with van der Waals surface area (Å²) in [5, 5.41) is 0. The molecule has 0 bridgehead atoms. The van der Waals surface area contributed by atoms with Gasteiger partial charge in [-0.25, -0.2) is 0 Å². The second kappa shape index (κ2) is 5.35. The number of anilines is 1. The van der Waals surface area contributed by atoms with E-state index in [9.17, 15) is 0 Å². The highest BCUT2D eigenvalue weighted by Gasteiger charge is 2.10. The maximum atomic E-state index is 5.79. The highest BCUT2D eigenvalue weighted by molar-refractivity contribution is 5.47. The molecule has 0 radical (unpaired) electrons. The first-order valence-corrected chi connectivity index (χ1v) is 6.35. The first kappa shape index (κ1) is 11.5. The van der Waals surface area contributed by atoms with Gasteiger partial charge in [0, 0.05) is 24.8 Å². The van der Waals surface area contributed by atoms with E-state index in [0.29, 0.717) is 0 Å². The van der Waals surface area contributed by atoms with Crippen LogP contribution in [-0.4, -0.2) is 19.1 Å². The molecular formula is C14H22N2. The molecule has 0 spiro atoms. The Morgan fingerprint density at radius 1 is 1.12 bits per heavy atom. The van der Waals surface area contributed by atoms with Crippen LogP contribution >= 0.6 is 0 Å². The zero-order valence-electron chi connectivity index (χ0n) is 10.2. The summed E-state index contributed by atoms with van der Waals surface area (Å²) in [6, 6.07) is 9.16. The molecule has 0 aliphatic carbocycles. The normalized spacial score (nSPS) is 18.5. The second-order valence-corrected chi connectivity index (χ2v) is 4.90. The van der Waals surface area contributed by atoms with Gasteiger partial charge in [-0.1, -0.05) is 12.1 Å². The van der Waals surface area contributed by atoms with Crippen LogP contribution in [-0.2, 0) is 6.42 Å². The van der Waals surface area contributed by atoms with E-state index in [2.05, 4.69) is 36.1 Å². The van der Waals surface area contributed by atoms with Crippen LogP contribution in [0.5, 0.6) is 0 Å². The van der Waals surface area contributed by atoms with E-state index < -0.39 is 0 Å². The average molecular weight is 218 g/mol. The minimum absolute atomic E-state index is 0.251. The van der Waals surface area contributed by atoms with Gasteiger partial charge in [-0.3, -0.25) is 0 Å². The maximum absolute atomic E-state index is 5.79. The molecule has 2 nitrogen and oxygen atoms in total. The van der Waals surface area contributed by atoms with E-state index in [4.69, 9.17) is 5.73 Å². The molecule has 1 heterocycles. The Labute approximate surface area is 98.4 Å². The molecule has 88 valence electrons. The van der Waals surface area contributed by atoms with Crippen molar-refractivity contribution in [1.29, 1.82) is 0 Å². The van der Waals surface area contributed by atoms with Crippen LogP contribution in [0.25, 0.3) is 0 Å². The Balaban J connectivity index is 2.00. The summed E-state index contributed by atoms with van der Waals surface area (Å²) in [5.74, 6) is 0.